The van der Waals surface area contributed by atoms with Gasteiger partial charge in [-0.1, -0.05) is 31.5 Å². The second-order valence-corrected chi connectivity index (χ2v) is 4.72. The van der Waals surface area contributed by atoms with E-state index in [2.05, 4.69) is 19.3 Å². The Balaban J connectivity index is 2.81. The quantitative estimate of drug-likeness (QED) is 0.596. The maximum Gasteiger partial charge on any atom is 0.128 e. The summed E-state index contributed by atoms with van der Waals surface area (Å²) in [6.07, 6.45) is 1.89. The molecule has 90 valence electrons. The smallest absolute Gasteiger partial charge is 0.128 e. The monoisotopic (exact) mass is 224 g/mol. The van der Waals surface area contributed by atoms with Crippen LogP contribution in [0, 0.1) is 18.7 Å². The van der Waals surface area contributed by atoms with Crippen molar-refractivity contribution in [3.05, 3.63) is 35.1 Å². The number of hydrazine groups is 1. The highest BCUT2D eigenvalue weighted by Crippen LogP contribution is 2.23. The molecule has 0 aliphatic heterocycles. The van der Waals surface area contributed by atoms with E-state index in [4.69, 9.17) is 5.84 Å². The molecule has 1 aromatic carbocycles. The van der Waals surface area contributed by atoms with Crippen LogP contribution in [0.3, 0.4) is 0 Å². The zero-order valence-electron chi connectivity index (χ0n) is 10.3. The molecule has 1 aromatic rings. The third kappa shape index (κ3) is 3.58. The third-order valence-electron chi connectivity index (χ3n) is 2.76. The Labute approximate surface area is 97.0 Å². The lowest BCUT2D eigenvalue weighted by molar-refractivity contribution is 0.433. The molecule has 0 amide bonds. The average molecular weight is 224 g/mol. The standard InChI is InChI=1S/C13H21FN2/c1-9(2)4-7-13(16-15)11-8-10(3)5-6-12(11)14/h5-6,8-9,13,16H,4,7,15H2,1-3H3. The molecular weight excluding hydrogens is 203 g/mol. The molecule has 2 nitrogen and oxygen atoms in total. The van der Waals surface area contributed by atoms with Crippen molar-refractivity contribution in [2.75, 3.05) is 0 Å². The van der Waals surface area contributed by atoms with Crippen molar-refractivity contribution in [3.63, 3.8) is 0 Å². The van der Waals surface area contributed by atoms with Gasteiger partial charge in [-0.3, -0.25) is 11.3 Å². The van der Waals surface area contributed by atoms with Crippen LogP contribution in [0.25, 0.3) is 0 Å². The minimum Gasteiger partial charge on any atom is -0.271 e. The summed E-state index contributed by atoms with van der Waals surface area (Å²) in [7, 11) is 0. The molecule has 1 rings (SSSR count). The predicted molar refractivity (Wildman–Crippen MR) is 65.3 cm³/mol. The summed E-state index contributed by atoms with van der Waals surface area (Å²) >= 11 is 0. The number of benzene rings is 1. The first kappa shape index (κ1) is 13.1. The maximum atomic E-state index is 13.6. The molecule has 0 fully saturated rings. The summed E-state index contributed by atoms with van der Waals surface area (Å²) in [6.45, 7) is 6.26. The lowest BCUT2D eigenvalue weighted by atomic mass is 9.96. The molecule has 0 spiro atoms. The number of rotatable bonds is 5. The van der Waals surface area contributed by atoms with E-state index in [9.17, 15) is 4.39 Å². The lowest BCUT2D eigenvalue weighted by Crippen LogP contribution is -2.29. The highest BCUT2D eigenvalue weighted by atomic mass is 19.1. The van der Waals surface area contributed by atoms with Crippen molar-refractivity contribution in [1.29, 1.82) is 0 Å². The first-order chi connectivity index (χ1) is 7.54. The summed E-state index contributed by atoms with van der Waals surface area (Å²) in [5.74, 6) is 5.91. The maximum absolute atomic E-state index is 13.6. The van der Waals surface area contributed by atoms with Gasteiger partial charge in [0.2, 0.25) is 0 Å². The van der Waals surface area contributed by atoms with Gasteiger partial charge in [0.05, 0.1) is 0 Å². The van der Waals surface area contributed by atoms with E-state index in [1.54, 1.807) is 6.07 Å². The summed E-state index contributed by atoms with van der Waals surface area (Å²) in [4.78, 5) is 0. The number of hydrogen-bond donors (Lipinski definition) is 2. The van der Waals surface area contributed by atoms with Crippen LogP contribution in [0.4, 0.5) is 4.39 Å². The second kappa shape index (κ2) is 5.97. The van der Waals surface area contributed by atoms with Gasteiger partial charge in [0, 0.05) is 11.6 Å². The van der Waals surface area contributed by atoms with Crippen molar-refractivity contribution in [3.8, 4) is 0 Å². The van der Waals surface area contributed by atoms with E-state index in [1.807, 2.05) is 13.0 Å². The molecule has 1 atom stereocenters. The van der Waals surface area contributed by atoms with Gasteiger partial charge in [-0.2, -0.15) is 0 Å². The summed E-state index contributed by atoms with van der Waals surface area (Å²) in [5, 5.41) is 0. The number of nitrogens with one attached hydrogen (secondary N) is 1. The molecule has 0 saturated heterocycles. The van der Waals surface area contributed by atoms with Crippen LogP contribution in [0.2, 0.25) is 0 Å². The molecule has 16 heavy (non-hydrogen) atoms. The van der Waals surface area contributed by atoms with E-state index in [0.717, 1.165) is 18.4 Å². The van der Waals surface area contributed by atoms with Crippen molar-refractivity contribution in [1.82, 2.24) is 5.43 Å². The molecule has 3 N–H and O–H groups in total. The topological polar surface area (TPSA) is 38.0 Å². The van der Waals surface area contributed by atoms with E-state index in [1.165, 1.54) is 6.07 Å². The van der Waals surface area contributed by atoms with Gasteiger partial charge in [0.15, 0.2) is 0 Å². The van der Waals surface area contributed by atoms with Crippen molar-refractivity contribution >= 4 is 0 Å². The summed E-state index contributed by atoms with van der Waals surface area (Å²) < 4.78 is 13.6. The van der Waals surface area contributed by atoms with E-state index >= 15 is 0 Å². The minimum absolute atomic E-state index is 0.0951. The fourth-order valence-corrected chi connectivity index (χ4v) is 1.76. The van der Waals surface area contributed by atoms with Gasteiger partial charge in [-0.25, -0.2) is 4.39 Å². The van der Waals surface area contributed by atoms with Gasteiger partial charge in [-0.05, 0) is 31.7 Å². The van der Waals surface area contributed by atoms with Crippen molar-refractivity contribution in [2.24, 2.45) is 11.8 Å². The number of halogens is 1. The molecule has 0 bridgehead atoms. The minimum atomic E-state index is -0.183. The van der Waals surface area contributed by atoms with E-state index in [-0.39, 0.29) is 11.9 Å². The fraction of sp³-hybridized carbons (Fsp3) is 0.538. The van der Waals surface area contributed by atoms with Crippen LogP contribution < -0.4 is 11.3 Å². The predicted octanol–water partition coefficient (Wildman–Crippen LogP) is 3.07. The number of hydrogen-bond acceptors (Lipinski definition) is 2. The summed E-state index contributed by atoms with van der Waals surface area (Å²) in [6, 6.07) is 5.04. The van der Waals surface area contributed by atoms with Crippen molar-refractivity contribution < 1.29 is 4.39 Å². The lowest BCUT2D eigenvalue weighted by Gasteiger charge is -2.18. The third-order valence-corrected chi connectivity index (χ3v) is 2.76. The van der Waals surface area contributed by atoms with Gasteiger partial charge < -0.3 is 0 Å². The Morgan fingerprint density at radius 1 is 1.31 bits per heavy atom. The zero-order valence-corrected chi connectivity index (χ0v) is 10.3. The normalized spacial score (nSPS) is 13.1. The molecule has 0 aliphatic rings. The molecular formula is C13H21FN2. The molecule has 0 heterocycles. The Kier molecular flexibility index (Phi) is 4.90. The molecule has 0 radical (unpaired) electrons. The van der Waals surface area contributed by atoms with Crippen LogP contribution in [0.5, 0.6) is 0 Å². The second-order valence-electron chi connectivity index (χ2n) is 4.72. The number of nitrogens with two attached hydrogens (primary N) is 1. The van der Waals surface area contributed by atoms with E-state index in [0.29, 0.717) is 11.5 Å². The Morgan fingerprint density at radius 2 is 2.00 bits per heavy atom. The molecule has 1 unspecified atom stereocenters. The Bertz CT molecular complexity index is 337. The average Bonchev–Trinajstić information content (AvgIpc) is 2.23. The molecule has 0 aliphatic carbocycles. The van der Waals surface area contributed by atoms with Crippen LogP contribution in [0.15, 0.2) is 18.2 Å². The first-order valence-electron chi connectivity index (χ1n) is 5.76. The molecule has 3 heteroatoms. The van der Waals surface area contributed by atoms with Crippen LogP contribution in [-0.2, 0) is 0 Å². The summed E-state index contributed by atoms with van der Waals surface area (Å²) in [5.41, 5.74) is 4.43. The Hall–Kier alpha value is -0.930. The van der Waals surface area contributed by atoms with Gasteiger partial charge in [-0.15, -0.1) is 0 Å². The molecule has 0 saturated carbocycles. The van der Waals surface area contributed by atoms with Crippen LogP contribution >= 0.6 is 0 Å². The van der Waals surface area contributed by atoms with E-state index < -0.39 is 0 Å². The van der Waals surface area contributed by atoms with Crippen LogP contribution in [0.1, 0.15) is 43.9 Å². The van der Waals surface area contributed by atoms with Crippen molar-refractivity contribution in [2.45, 2.75) is 39.7 Å². The largest absolute Gasteiger partial charge is 0.271 e. The highest BCUT2D eigenvalue weighted by Gasteiger charge is 2.14. The van der Waals surface area contributed by atoms with Gasteiger partial charge in [0.25, 0.3) is 0 Å². The van der Waals surface area contributed by atoms with Gasteiger partial charge in [0.1, 0.15) is 5.82 Å². The fourth-order valence-electron chi connectivity index (χ4n) is 1.76. The Morgan fingerprint density at radius 3 is 2.56 bits per heavy atom. The first-order valence-corrected chi connectivity index (χ1v) is 5.76. The zero-order chi connectivity index (χ0) is 12.1. The van der Waals surface area contributed by atoms with Crippen LogP contribution in [-0.4, -0.2) is 0 Å². The van der Waals surface area contributed by atoms with Gasteiger partial charge >= 0.3 is 0 Å². The molecule has 0 aromatic heterocycles. The SMILES string of the molecule is Cc1ccc(F)c(C(CCC(C)C)NN)c1. The highest BCUT2D eigenvalue weighted by molar-refractivity contribution is 5.26. The number of aryl methyl sites for hydroxylation is 1.